The van der Waals surface area contributed by atoms with E-state index in [9.17, 15) is 0 Å². The normalized spacial score (nSPS) is 20.3. The first-order chi connectivity index (χ1) is 12.8. The Labute approximate surface area is 156 Å². The number of morpholine rings is 1. The Morgan fingerprint density at radius 2 is 1.96 bits per heavy atom. The Balaban J connectivity index is 1.49. The molecule has 1 fully saturated rings. The fraction of sp³-hybridized carbons (Fsp3) is 0.368. The number of ether oxygens (including phenoxy) is 1. The van der Waals surface area contributed by atoms with Crippen LogP contribution in [0.3, 0.4) is 0 Å². The number of hydrogen-bond donors (Lipinski definition) is 2. The predicted octanol–water partition coefficient (Wildman–Crippen LogP) is 2.68. The summed E-state index contributed by atoms with van der Waals surface area (Å²) in [6.45, 7) is 4.07. The molecule has 2 aliphatic rings. The van der Waals surface area contributed by atoms with Crippen LogP contribution in [-0.4, -0.2) is 47.8 Å². The fourth-order valence-corrected chi connectivity index (χ4v) is 4.06. The third-order valence-electron chi connectivity index (χ3n) is 5.20. The number of halogens is 1. The van der Waals surface area contributed by atoms with Crippen LogP contribution in [0.2, 0.25) is 5.02 Å². The van der Waals surface area contributed by atoms with Gasteiger partial charge >= 0.3 is 0 Å². The van der Waals surface area contributed by atoms with Gasteiger partial charge in [-0.05, 0) is 30.2 Å². The van der Waals surface area contributed by atoms with E-state index in [2.05, 4.69) is 25.2 Å². The second-order valence-corrected chi connectivity index (χ2v) is 7.20. The average molecular weight is 370 g/mol. The van der Waals surface area contributed by atoms with E-state index in [1.807, 2.05) is 30.6 Å². The van der Waals surface area contributed by atoms with Crippen molar-refractivity contribution in [2.45, 2.75) is 12.5 Å². The van der Waals surface area contributed by atoms with Gasteiger partial charge < -0.3 is 19.9 Å². The van der Waals surface area contributed by atoms with Crippen molar-refractivity contribution >= 4 is 28.5 Å². The zero-order valence-electron chi connectivity index (χ0n) is 14.3. The topological polar surface area (TPSA) is 66.1 Å². The maximum atomic E-state index is 6.20. The van der Waals surface area contributed by atoms with Crippen molar-refractivity contribution < 1.29 is 4.74 Å². The molecule has 26 heavy (non-hydrogen) atoms. The molecule has 0 radical (unpaired) electrons. The summed E-state index contributed by atoms with van der Waals surface area (Å²) in [6.07, 6.45) is 4.85. The number of H-pyrrole nitrogens is 1. The predicted molar refractivity (Wildman–Crippen MR) is 102 cm³/mol. The zero-order valence-corrected chi connectivity index (χ0v) is 15.1. The maximum Gasteiger partial charge on any atom is 0.225 e. The van der Waals surface area contributed by atoms with E-state index < -0.39 is 0 Å². The summed E-state index contributed by atoms with van der Waals surface area (Å²) in [4.78, 5) is 14.9. The van der Waals surface area contributed by atoms with Crippen molar-refractivity contribution in [2.75, 3.05) is 37.7 Å². The summed E-state index contributed by atoms with van der Waals surface area (Å²) in [7, 11) is 0. The molecule has 2 aliphatic heterocycles. The number of nitrogens with one attached hydrogen (secondary N) is 2. The SMILES string of the molecule is Clc1ccc2[nH]c3c(c2c1)CCNC3c1cnc(N2CCOCC2)nc1. The van der Waals surface area contributed by atoms with E-state index in [4.69, 9.17) is 16.3 Å². The summed E-state index contributed by atoms with van der Waals surface area (Å²) in [5.74, 6) is 0.775. The highest BCUT2D eigenvalue weighted by molar-refractivity contribution is 6.31. The lowest BCUT2D eigenvalue weighted by Gasteiger charge is -2.28. The monoisotopic (exact) mass is 369 g/mol. The van der Waals surface area contributed by atoms with E-state index in [-0.39, 0.29) is 6.04 Å². The average Bonchev–Trinajstić information content (AvgIpc) is 3.07. The van der Waals surface area contributed by atoms with Crippen LogP contribution in [0.1, 0.15) is 22.9 Å². The molecule has 0 saturated carbocycles. The Morgan fingerprint density at radius 1 is 1.15 bits per heavy atom. The minimum atomic E-state index is 0.0728. The molecule has 1 aromatic carbocycles. The minimum absolute atomic E-state index is 0.0728. The van der Waals surface area contributed by atoms with Crippen molar-refractivity contribution in [3.8, 4) is 0 Å². The first-order valence-corrected chi connectivity index (χ1v) is 9.35. The first-order valence-electron chi connectivity index (χ1n) is 8.97. The smallest absolute Gasteiger partial charge is 0.225 e. The molecule has 1 atom stereocenters. The maximum absolute atomic E-state index is 6.20. The van der Waals surface area contributed by atoms with Crippen LogP contribution in [0.15, 0.2) is 30.6 Å². The van der Waals surface area contributed by atoms with Gasteiger partial charge in [-0.3, -0.25) is 0 Å². The summed E-state index contributed by atoms with van der Waals surface area (Å²) < 4.78 is 5.40. The number of benzene rings is 1. The number of anilines is 1. The van der Waals surface area contributed by atoms with Crippen molar-refractivity contribution in [1.82, 2.24) is 20.3 Å². The number of fused-ring (bicyclic) bond motifs is 3. The van der Waals surface area contributed by atoms with Gasteiger partial charge in [0.15, 0.2) is 0 Å². The number of rotatable bonds is 2. The standard InChI is InChI=1S/C19H20ClN5O/c20-13-1-2-16-15(9-13)14-3-4-21-17(18(14)24-16)12-10-22-19(23-11-12)25-5-7-26-8-6-25/h1-2,9-11,17,21,24H,3-8H2. The van der Waals surface area contributed by atoms with Gasteiger partial charge in [0.25, 0.3) is 0 Å². The van der Waals surface area contributed by atoms with Gasteiger partial charge in [0.05, 0.1) is 19.3 Å². The van der Waals surface area contributed by atoms with Crippen molar-refractivity contribution in [3.63, 3.8) is 0 Å². The highest BCUT2D eigenvalue weighted by Crippen LogP contribution is 2.34. The number of nitrogens with zero attached hydrogens (tertiary/aromatic N) is 3. The quantitative estimate of drug-likeness (QED) is 0.727. The fourth-order valence-electron chi connectivity index (χ4n) is 3.89. The largest absolute Gasteiger partial charge is 0.378 e. The Hall–Kier alpha value is -2.15. The van der Waals surface area contributed by atoms with E-state index in [0.29, 0.717) is 0 Å². The summed E-state index contributed by atoms with van der Waals surface area (Å²) in [6, 6.07) is 6.09. The van der Waals surface area contributed by atoms with Crippen LogP contribution in [0.5, 0.6) is 0 Å². The lowest BCUT2D eigenvalue weighted by molar-refractivity contribution is 0.122. The van der Waals surface area contributed by atoms with Crippen molar-refractivity contribution in [2.24, 2.45) is 0 Å². The minimum Gasteiger partial charge on any atom is -0.378 e. The molecule has 4 heterocycles. The van der Waals surface area contributed by atoms with Gasteiger partial charge in [0, 0.05) is 59.2 Å². The van der Waals surface area contributed by atoms with E-state index in [1.165, 1.54) is 16.6 Å². The number of hydrogen-bond acceptors (Lipinski definition) is 5. The Bertz CT molecular complexity index is 933. The van der Waals surface area contributed by atoms with E-state index >= 15 is 0 Å². The molecule has 0 spiro atoms. The van der Waals surface area contributed by atoms with Crippen LogP contribution in [0.4, 0.5) is 5.95 Å². The molecule has 6 nitrogen and oxygen atoms in total. The third kappa shape index (κ3) is 2.74. The van der Waals surface area contributed by atoms with Gasteiger partial charge in [0.1, 0.15) is 0 Å². The van der Waals surface area contributed by atoms with E-state index in [1.54, 1.807) is 0 Å². The van der Waals surface area contributed by atoms with Gasteiger partial charge in [0.2, 0.25) is 5.95 Å². The first kappa shape index (κ1) is 16.1. The molecule has 2 aromatic heterocycles. The highest BCUT2D eigenvalue weighted by atomic mass is 35.5. The van der Waals surface area contributed by atoms with Crippen molar-refractivity contribution in [3.05, 3.63) is 52.4 Å². The molecule has 0 bridgehead atoms. The molecule has 134 valence electrons. The Kier molecular flexibility index (Phi) is 4.04. The van der Waals surface area contributed by atoms with Crippen molar-refractivity contribution in [1.29, 1.82) is 0 Å². The molecule has 1 unspecified atom stereocenters. The van der Waals surface area contributed by atoms with Gasteiger partial charge in [-0.1, -0.05) is 11.6 Å². The molecule has 1 saturated heterocycles. The van der Waals surface area contributed by atoms with Crippen LogP contribution < -0.4 is 10.2 Å². The van der Waals surface area contributed by atoms with Crippen LogP contribution in [0.25, 0.3) is 10.9 Å². The van der Waals surface area contributed by atoms with Gasteiger partial charge in [-0.2, -0.15) is 0 Å². The zero-order chi connectivity index (χ0) is 17.5. The van der Waals surface area contributed by atoms with Crippen LogP contribution >= 0.6 is 11.6 Å². The second kappa shape index (κ2) is 6.54. The summed E-state index contributed by atoms with van der Waals surface area (Å²) in [5.41, 5.74) is 4.72. The van der Waals surface area contributed by atoms with E-state index in [0.717, 1.165) is 61.3 Å². The lowest BCUT2D eigenvalue weighted by Crippen LogP contribution is -2.37. The molecule has 7 heteroatoms. The number of aromatic nitrogens is 3. The second-order valence-electron chi connectivity index (χ2n) is 6.76. The molecule has 0 amide bonds. The highest BCUT2D eigenvalue weighted by Gasteiger charge is 2.26. The summed E-state index contributed by atoms with van der Waals surface area (Å²) >= 11 is 6.20. The molecule has 2 N–H and O–H groups in total. The Morgan fingerprint density at radius 3 is 2.77 bits per heavy atom. The van der Waals surface area contributed by atoms with Crippen LogP contribution in [0, 0.1) is 0 Å². The summed E-state index contributed by atoms with van der Waals surface area (Å²) in [5, 5.41) is 5.57. The molecule has 5 rings (SSSR count). The van der Waals surface area contributed by atoms with Gasteiger partial charge in [-0.25, -0.2) is 9.97 Å². The van der Waals surface area contributed by atoms with Crippen LogP contribution in [-0.2, 0) is 11.2 Å². The molecular weight excluding hydrogens is 350 g/mol. The molecule has 0 aliphatic carbocycles. The molecular formula is C19H20ClN5O. The molecule has 3 aromatic rings. The van der Waals surface area contributed by atoms with Gasteiger partial charge in [-0.15, -0.1) is 0 Å². The third-order valence-corrected chi connectivity index (χ3v) is 5.43. The lowest BCUT2D eigenvalue weighted by atomic mass is 9.96. The number of aromatic amines is 1.